The Balaban J connectivity index is 2.47. The lowest BCUT2D eigenvalue weighted by Gasteiger charge is -2.27. The van der Waals surface area contributed by atoms with Gasteiger partial charge in [0.15, 0.2) is 0 Å². The van der Waals surface area contributed by atoms with Gasteiger partial charge in [0.2, 0.25) is 5.79 Å². The van der Waals surface area contributed by atoms with E-state index in [-0.39, 0.29) is 6.54 Å². The van der Waals surface area contributed by atoms with Crippen molar-refractivity contribution in [2.75, 3.05) is 26.9 Å². The second-order valence-corrected chi connectivity index (χ2v) is 4.41. The standard InChI is InChI=1S/C11H14BrNO3/c1-14-10-3-2-8(12)6-9(10)11(7-13)15-4-5-16-11/h2-3,6H,4-5,7,13H2,1H3. The first-order valence-corrected chi connectivity index (χ1v) is 5.83. The van der Waals surface area contributed by atoms with E-state index < -0.39 is 5.79 Å². The van der Waals surface area contributed by atoms with Gasteiger partial charge in [-0.25, -0.2) is 0 Å². The van der Waals surface area contributed by atoms with Crippen LogP contribution in [0.5, 0.6) is 5.75 Å². The van der Waals surface area contributed by atoms with Crippen LogP contribution in [0.2, 0.25) is 0 Å². The molecule has 1 fully saturated rings. The van der Waals surface area contributed by atoms with E-state index in [9.17, 15) is 0 Å². The van der Waals surface area contributed by atoms with Gasteiger partial charge >= 0.3 is 0 Å². The number of rotatable bonds is 3. The Morgan fingerprint density at radius 1 is 1.44 bits per heavy atom. The summed E-state index contributed by atoms with van der Waals surface area (Å²) in [7, 11) is 1.62. The lowest BCUT2D eigenvalue weighted by Crippen LogP contribution is -2.36. The quantitative estimate of drug-likeness (QED) is 0.918. The number of halogens is 1. The van der Waals surface area contributed by atoms with E-state index in [0.29, 0.717) is 13.2 Å². The molecule has 16 heavy (non-hydrogen) atoms. The summed E-state index contributed by atoms with van der Waals surface area (Å²) in [5.41, 5.74) is 6.58. The van der Waals surface area contributed by atoms with Crippen molar-refractivity contribution in [1.29, 1.82) is 0 Å². The molecular weight excluding hydrogens is 274 g/mol. The molecule has 2 N–H and O–H groups in total. The van der Waals surface area contributed by atoms with Gasteiger partial charge in [0.05, 0.1) is 32.4 Å². The SMILES string of the molecule is COc1ccc(Br)cc1C1(CN)OCCO1. The third-order valence-electron chi connectivity index (χ3n) is 2.59. The molecule has 5 heteroatoms. The first-order chi connectivity index (χ1) is 7.72. The fraction of sp³-hybridized carbons (Fsp3) is 0.455. The smallest absolute Gasteiger partial charge is 0.211 e. The number of methoxy groups -OCH3 is 1. The van der Waals surface area contributed by atoms with E-state index in [2.05, 4.69) is 15.9 Å². The van der Waals surface area contributed by atoms with Gasteiger partial charge < -0.3 is 19.9 Å². The van der Waals surface area contributed by atoms with Crippen LogP contribution < -0.4 is 10.5 Å². The number of hydrogen-bond donors (Lipinski definition) is 1. The summed E-state index contributed by atoms with van der Waals surface area (Å²) in [4.78, 5) is 0. The van der Waals surface area contributed by atoms with Gasteiger partial charge in [-0.15, -0.1) is 0 Å². The first-order valence-electron chi connectivity index (χ1n) is 5.04. The topological polar surface area (TPSA) is 53.7 Å². The Labute approximate surface area is 103 Å². The molecule has 1 aliphatic heterocycles. The fourth-order valence-corrected chi connectivity index (χ4v) is 2.18. The first kappa shape index (κ1) is 11.9. The van der Waals surface area contributed by atoms with Crippen LogP contribution in [0, 0.1) is 0 Å². The van der Waals surface area contributed by atoms with E-state index >= 15 is 0 Å². The van der Waals surface area contributed by atoms with Gasteiger partial charge in [-0.3, -0.25) is 0 Å². The van der Waals surface area contributed by atoms with Gasteiger partial charge in [0.25, 0.3) is 0 Å². The van der Waals surface area contributed by atoms with Crippen LogP contribution in [0.15, 0.2) is 22.7 Å². The highest BCUT2D eigenvalue weighted by molar-refractivity contribution is 9.10. The minimum Gasteiger partial charge on any atom is -0.496 e. The van der Waals surface area contributed by atoms with Gasteiger partial charge in [0.1, 0.15) is 5.75 Å². The summed E-state index contributed by atoms with van der Waals surface area (Å²) in [5, 5.41) is 0. The van der Waals surface area contributed by atoms with Crippen molar-refractivity contribution in [1.82, 2.24) is 0 Å². The maximum atomic E-state index is 5.75. The maximum Gasteiger partial charge on any atom is 0.211 e. The van der Waals surface area contributed by atoms with E-state index in [4.69, 9.17) is 19.9 Å². The molecule has 0 atom stereocenters. The van der Waals surface area contributed by atoms with Crippen LogP contribution in [0.4, 0.5) is 0 Å². The lowest BCUT2D eigenvalue weighted by atomic mass is 10.0. The Morgan fingerprint density at radius 2 is 2.12 bits per heavy atom. The van der Waals surface area contributed by atoms with Crippen molar-refractivity contribution in [2.24, 2.45) is 5.73 Å². The van der Waals surface area contributed by atoms with E-state index in [1.54, 1.807) is 7.11 Å². The summed E-state index contributed by atoms with van der Waals surface area (Å²) in [6.45, 7) is 1.36. The van der Waals surface area contributed by atoms with E-state index in [0.717, 1.165) is 15.8 Å². The molecule has 1 aliphatic rings. The number of hydrogen-bond acceptors (Lipinski definition) is 4. The lowest BCUT2D eigenvalue weighted by molar-refractivity contribution is -0.157. The van der Waals surface area contributed by atoms with Gasteiger partial charge in [-0.05, 0) is 18.2 Å². The highest BCUT2D eigenvalue weighted by Crippen LogP contribution is 2.37. The zero-order chi connectivity index (χ0) is 11.6. The van der Waals surface area contributed by atoms with Gasteiger partial charge in [-0.1, -0.05) is 15.9 Å². The van der Waals surface area contributed by atoms with Crippen LogP contribution >= 0.6 is 15.9 Å². The minimum absolute atomic E-state index is 0.264. The van der Waals surface area contributed by atoms with Crippen LogP contribution in [0.3, 0.4) is 0 Å². The van der Waals surface area contributed by atoms with Crippen molar-refractivity contribution >= 4 is 15.9 Å². The molecule has 0 aliphatic carbocycles. The molecule has 0 unspecified atom stereocenters. The van der Waals surface area contributed by atoms with Crippen molar-refractivity contribution < 1.29 is 14.2 Å². The highest BCUT2D eigenvalue weighted by Gasteiger charge is 2.39. The van der Waals surface area contributed by atoms with Crippen LogP contribution in [-0.4, -0.2) is 26.9 Å². The third kappa shape index (κ3) is 1.96. The predicted molar refractivity (Wildman–Crippen MR) is 63.3 cm³/mol. The van der Waals surface area contributed by atoms with Gasteiger partial charge in [-0.2, -0.15) is 0 Å². The molecule has 0 bridgehead atoms. The average molecular weight is 288 g/mol. The molecule has 4 nitrogen and oxygen atoms in total. The van der Waals surface area contributed by atoms with E-state index in [1.165, 1.54) is 0 Å². The molecule has 0 amide bonds. The Hall–Kier alpha value is -0.620. The van der Waals surface area contributed by atoms with Crippen molar-refractivity contribution in [3.8, 4) is 5.75 Å². The molecule has 1 aromatic rings. The number of nitrogens with two attached hydrogens (primary N) is 1. The summed E-state index contributed by atoms with van der Waals surface area (Å²) >= 11 is 3.42. The van der Waals surface area contributed by atoms with Crippen molar-refractivity contribution in [2.45, 2.75) is 5.79 Å². The normalized spacial score (nSPS) is 18.7. The zero-order valence-corrected chi connectivity index (χ0v) is 10.6. The molecule has 0 spiro atoms. The van der Waals surface area contributed by atoms with E-state index in [1.807, 2.05) is 18.2 Å². The summed E-state index contributed by atoms with van der Waals surface area (Å²) in [6, 6.07) is 5.68. The molecule has 0 saturated carbocycles. The average Bonchev–Trinajstić information content (AvgIpc) is 2.78. The molecule has 2 rings (SSSR count). The van der Waals surface area contributed by atoms with Crippen LogP contribution in [0.25, 0.3) is 0 Å². The molecule has 1 saturated heterocycles. The minimum atomic E-state index is -0.866. The molecule has 1 heterocycles. The molecule has 0 aromatic heterocycles. The zero-order valence-electron chi connectivity index (χ0n) is 9.03. The van der Waals surface area contributed by atoms with Crippen LogP contribution in [-0.2, 0) is 15.3 Å². The summed E-state index contributed by atoms with van der Waals surface area (Å²) < 4.78 is 17.5. The molecule has 88 valence electrons. The molecule has 1 aromatic carbocycles. The Bertz CT molecular complexity index is 377. The monoisotopic (exact) mass is 287 g/mol. The summed E-state index contributed by atoms with van der Waals surface area (Å²) in [6.07, 6.45) is 0. The molecule has 0 radical (unpaired) electrons. The molecular formula is C11H14BrNO3. The Kier molecular flexibility index (Phi) is 3.49. The largest absolute Gasteiger partial charge is 0.496 e. The Morgan fingerprint density at radius 3 is 2.69 bits per heavy atom. The summed E-state index contributed by atoms with van der Waals surface area (Å²) in [5.74, 6) is -0.148. The van der Waals surface area contributed by atoms with Crippen molar-refractivity contribution in [3.63, 3.8) is 0 Å². The van der Waals surface area contributed by atoms with Crippen molar-refractivity contribution in [3.05, 3.63) is 28.2 Å². The van der Waals surface area contributed by atoms with Crippen LogP contribution in [0.1, 0.15) is 5.56 Å². The highest BCUT2D eigenvalue weighted by atomic mass is 79.9. The second kappa shape index (κ2) is 4.71. The fourth-order valence-electron chi connectivity index (χ4n) is 1.82. The second-order valence-electron chi connectivity index (χ2n) is 3.50. The predicted octanol–water partition coefficient (Wildman–Crippen LogP) is 1.62. The number of ether oxygens (including phenoxy) is 3. The third-order valence-corrected chi connectivity index (χ3v) is 3.09. The maximum absolute atomic E-state index is 5.75. The number of benzene rings is 1. The van der Waals surface area contributed by atoms with Gasteiger partial charge in [0, 0.05) is 4.47 Å².